The van der Waals surface area contributed by atoms with E-state index >= 15 is 0 Å². The van der Waals surface area contributed by atoms with E-state index < -0.39 is 0 Å². The molecule has 1 N–H and O–H groups in total. The molecule has 0 unspecified atom stereocenters. The standard InChI is InChI=1S/C11H13NO2/c1-8(13)11-6-4-3-5-10(11)7-12-9(2)14/h3-6H,7H2,1-2H3,(H,12,14). The van der Waals surface area contributed by atoms with Crippen molar-refractivity contribution in [3.05, 3.63) is 35.4 Å². The van der Waals surface area contributed by atoms with Crippen LogP contribution in [0.3, 0.4) is 0 Å². The summed E-state index contributed by atoms with van der Waals surface area (Å²) < 4.78 is 0. The Hall–Kier alpha value is -1.64. The van der Waals surface area contributed by atoms with E-state index in [0.717, 1.165) is 5.56 Å². The monoisotopic (exact) mass is 191 g/mol. The van der Waals surface area contributed by atoms with Gasteiger partial charge in [0.25, 0.3) is 0 Å². The minimum atomic E-state index is -0.0941. The SMILES string of the molecule is CC(=O)NCc1ccccc1C(C)=O. The van der Waals surface area contributed by atoms with Crippen LogP contribution >= 0.6 is 0 Å². The van der Waals surface area contributed by atoms with Crippen molar-refractivity contribution in [2.24, 2.45) is 0 Å². The lowest BCUT2D eigenvalue weighted by molar-refractivity contribution is -0.119. The number of amides is 1. The van der Waals surface area contributed by atoms with Crippen LogP contribution in [-0.2, 0) is 11.3 Å². The topological polar surface area (TPSA) is 46.2 Å². The molecule has 0 saturated carbocycles. The lowest BCUT2D eigenvalue weighted by Gasteiger charge is -2.06. The summed E-state index contributed by atoms with van der Waals surface area (Å²) in [5.41, 5.74) is 1.52. The molecule has 0 fully saturated rings. The van der Waals surface area contributed by atoms with Crippen LogP contribution in [0.2, 0.25) is 0 Å². The van der Waals surface area contributed by atoms with E-state index in [1.54, 1.807) is 6.07 Å². The summed E-state index contributed by atoms with van der Waals surface area (Å²) in [6, 6.07) is 7.27. The Labute approximate surface area is 83.1 Å². The van der Waals surface area contributed by atoms with Gasteiger partial charge in [0.15, 0.2) is 5.78 Å². The molecule has 0 spiro atoms. The highest BCUT2D eigenvalue weighted by Gasteiger charge is 2.05. The third kappa shape index (κ3) is 2.69. The Kier molecular flexibility index (Phi) is 3.40. The molecule has 0 saturated heterocycles. The third-order valence-corrected chi connectivity index (χ3v) is 1.92. The van der Waals surface area contributed by atoms with E-state index in [4.69, 9.17) is 0 Å². The number of hydrogen-bond acceptors (Lipinski definition) is 2. The average molecular weight is 191 g/mol. The number of carbonyl (C=O) groups excluding carboxylic acids is 2. The summed E-state index contributed by atoms with van der Waals surface area (Å²) in [7, 11) is 0. The van der Waals surface area contributed by atoms with Gasteiger partial charge < -0.3 is 5.32 Å². The second-order valence-electron chi connectivity index (χ2n) is 3.12. The van der Waals surface area contributed by atoms with Gasteiger partial charge in [0.1, 0.15) is 0 Å². The van der Waals surface area contributed by atoms with Crippen molar-refractivity contribution in [3.63, 3.8) is 0 Å². The van der Waals surface area contributed by atoms with Gasteiger partial charge in [0.05, 0.1) is 0 Å². The molecule has 0 aliphatic carbocycles. The van der Waals surface area contributed by atoms with Crippen LogP contribution in [0.5, 0.6) is 0 Å². The number of Topliss-reactive ketones (excluding diaryl/α,β-unsaturated/α-hetero) is 1. The predicted molar refractivity (Wildman–Crippen MR) is 54.0 cm³/mol. The van der Waals surface area contributed by atoms with E-state index in [2.05, 4.69) is 5.32 Å². The van der Waals surface area contributed by atoms with Crippen molar-refractivity contribution >= 4 is 11.7 Å². The van der Waals surface area contributed by atoms with Gasteiger partial charge in [-0.15, -0.1) is 0 Å². The van der Waals surface area contributed by atoms with Crippen LogP contribution in [0.15, 0.2) is 24.3 Å². The van der Waals surface area contributed by atoms with Gasteiger partial charge in [-0.25, -0.2) is 0 Å². The summed E-state index contributed by atoms with van der Waals surface area (Å²) >= 11 is 0. The molecular weight excluding hydrogens is 178 g/mol. The molecule has 0 atom stereocenters. The van der Waals surface area contributed by atoms with Gasteiger partial charge >= 0.3 is 0 Å². The molecule has 0 aliphatic heterocycles. The highest BCUT2D eigenvalue weighted by molar-refractivity contribution is 5.95. The fourth-order valence-electron chi connectivity index (χ4n) is 1.24. The number of ketones is 1. The summed E-state index contributed by atoms with van der Waals surface area (Å²) in [4.78, 5) is 21.9. The molecule has 3 nitrogen and oxygen atoms in total. The average Bonchev–Trinajstić information content (AvgIpc) is 2.15. The maximum Gasteiger partial charge on any atom is 0.217 e. The van der Waals surface area contributed by atoms with E-state index in [0.29, 0.717) is 12.1 Å². The molecule has 1 aromatic carbocycles. The smallest absolute Gasteiger partial charge is 0.217 e. The van der Waals surface area contributed by atoms with Gasteiger partial charge in [0, 0.05) is 19.0 Å². The Balaban J connectivity index is 2.84. The van der Waals surface area contributed by atoms with Gasteiger partial charge in [0.2, 0.25) is 5.91 Å². The van der Waals surface area contributed by atoms with Crippen molar-refractivity contribution in [2.75, 3.05) is 0 Å². The normalized spacial score (nSPS) is 9.57. The first-order chi connectivity index (χ1) is 6.61. The second kappa shape index (κ2) is 4.56. The minimum Gasteiger partial charge on any atom is -0.352 e. The quantitative estimate of drug-likeness (QED) is 0.736. The zero-order valence-corrected chi connectivity index (χ0v) is 8.33. The van der Waals surface area contributed by atoms with Gasteiger partial charge in [-0.1, -0.05) is 24.3 Å². The van der Waals surface area contributed by atoms with E-state index in [1.165, 1.54) is 13.8 Å². The lowest BCUT2D eigenvalue weighted by Crippen LogP contribution is -2.20. The Morgan fingerprint density at radius 1 is 1.21 bits per heavy atom. The molecule has 0 heterocycles. The number of nitrogens with one attached hydrogen (secondary N) is 1. The summed E-state index contributed by atoms with van der Waals surface area (Å²) in [5, 5.41) is 2.67. The molecule has 1 amide bonds. The highest BCUT2D eigenvalue weighted by atomic mass is 16.1. The van der Waals surface area contributed by atoms with Gasteiger partial charge in [-0.3, -0.25) is 9.59 Å². The number of hydrogen-bond donors (Lipinski definition) is 1. The molecule has 0 radical (unpaired) electrons. The first-order valence-electron chi connectivity index (χ1n) is 4.44. The number of carbonyl (C=O) groups is 2. The van der Waals surface area contributed by atoms with Gasteiger partial charge in [-0.05, 0) is 12.5 Å². The minimum absolute atomic E-state index is 0.0194. The van der Waals surface area contributed by atoms with Crippen LogP contribution in [0.25, 0.3) is 0 Å². The van der Waals surface area contributed by atoms with Gasteiger partial charge in [-0.2, -0.15) is 0 Å². The number of benzene rings is 1. The maximum atomic E-state index is 11.2. The molecule has 14 heavy (non-hydrogen) atoms. The maximum absolute atomic E-state index is 11.2. The molecule has 0 aromatic heterocycles. The van der Waals surface area contributed by atoms with E-state index in [1.807, 2.05) is 18.2 Å². The van der Waals surface area contributed by atoms with Crippen LogP contribution in [0.4, 0.5) is 0 Å². The van der Waals surface area contributed by atoms with Crippen LogP contribution in [0.1, 0.15) is 29.8 Å². The molecule has 0 aliphatic rings. The summed E-state index contributed by atoms with van der Waals surface area (Å²) in [6.07, 6.45) is 0. The van der Waals surface area contributed by atoms with E-state index in [-0.39, 0.29) is 11.7 Å². The zero-order chi connectivity index (χ0) is 10.6. The van der Waals surface area contributed by atoms with Crippen LogP contribution < -0.4 is 5.32 Å². The lowest BCUT2D eigenvalue weighted by atomic mass is 10.0. The van der Waals surface area contributed by atoms with Crippen LogP contribution in [0, 0.1) is 0 Å². The molecule has 3 heteroatoms. The second-order valence-corrected chi connectivity index (χ2v) is 3.12. The largest absolute Gasteiger partial charge is 0.352 e. The molecule has 1 rings (SSSR count). The summed E-state index contributed by atoms with van der Waals surface area (Å²) in [6.45, 7) is 3.38. The van der Waals surface area contributed by atoms with Crippen LogP contribution in [-0.4, -0.2) is 11.7 Å². The van der Waals surface area contributed by atoms with Crippen molar-refractivity contribution in [3.8, 4) is 0 Å². The summed E-state index contributed by atoms with van der Waals surface area (Å²) in [5.74, 6) is -0.0747. The molecule has 74 valence electrons. The van der Waals surface area contributed by atoms with Crippen molar-refractivity contribution < 1.29 is 9.59 Å². The first kappa shape index (κ1) is 10.4. The number of rotatable bonds is 3. The van der Waals surface area contributed by atoms with Crippen molar-refractivity contribution in [1.29, 1.82) is 0 Å². The molecule has 0 bridgehead atoms. The fraction of sp³-hybridized carbons (Fsp3) is 0.273. The first-order valence-corrected chi connectivity index (χ1v) is 4.44. The fourth-order valence-corrected chi connectivity index (χ4v) is 1.24. The highest BCUT2D eigenvalue weighted by Crippen LogP contribution is 2.08. The van der Waals surface area contributed by atoms with Crippen molar-refractivity contribution in [1.82, 2.24) is 5.32 Å². The Morgan fingerprint density at radius 2 is 1.86 bits per heavy atom. The van der Waals surface area contributed by atoms with Crippen molar-refractivity contribution in [2.45, 2.75) is 20.4 Å². The Morgan fingerprint density at radius 3 is 2.43 bits per heavy atom. The Bertz CT molecular complexity index is 358. The predicted octanol–water partition coefficient (Wildman–Crippen LogP) is 1.53. The van der Waals surface area contributed by atoms with E-state index in [9.17, 15) is 9.59 Å². The zero-order valence-electron chi connectivity index (χ0n) is 8.33. The molecule has 1 aromatic rings. The third-order valence-electron chi connectivity index (χ3n) is 1.92. The molecular formula is C11H13NO2.